The highest BCUT2D eigenvalue weighted by atomic mass is 19.1. The van der Waals surface area contributed by atoms with Crippen LogP contribution < -0.4 is 10.1 Å². The summed E-state index contributed by atoms with van der Waals surface area (Å²) >= 11 is 0. The first kappa shape index (κ1) is 28.6. The standard InChI is InChI=1S/C34H33FN8O2/c1-2-5-31(44)38-24-15-22(19-36-20-24)27-6-7-29-33(40-27)34(42-41-29)30-18-26-28(39-30)8-9-37-32(26)21-14-23(35)17-25(16-21)45-13-12-43-10-3-4-11-43/h6-9,14-20,39H,2-5,10-13H2,1H3,(H,38,44)(H,41,42). The quantitative estimate of drug-likeness (QED) is 0.161. The van der Waals surface area contributed by atoms with Gasteiger partial charge < -0.3 is 15.0 Å². The highest BCUT2D eigenvalue weighted by Crippen LogP contribution is 2.34. The Labute approximate surface area is 259 Å². The zero-order chi connectivity index (χ0) is 30.8. The molecule has 1 aromatic carbocycles. The van der Waals surface area contributed by atoms with Gasteiger partial charge in [0.15, 0.2) is 0 Å². The molecule has 0 aliphatic carbocycles. The van der Waals surface area contributed by atoms with Crippen molar-refractivity contribution in [3.63, 3.8) is 0 Å². The number of nitrogens with zero attached hydrogens (tertiary/aromatic N) is 5. The summed E-state index contributed by atoms with van der Waals surface area (Å²) in [5.41, 5.74) is 7.02. The van der Waals surface area contributed by atoms with Crippen molar-refractivity contribution in [1.82, 2.24) is 35.0 Å². The van der Waals surface area contributed by atoms with Gasteiger partial charge in [0, 0.05) is 53.5 Å². The molecule has 0 spiro atoms. The molecule has 11 heteroatoms. The van der Waals surface area contributed by atoms with Gasteiger partial charge >= 0.3 is 0 Å². The molecule has 1 aliphatic rings. The zero-order valence-corrected chi connectivity index (χ0v) is 24.9. The van der Waals surface area contributed by atoms with E-state index in [1.54, 1.807) is 18.6 Å². The Bertz CT molecular complexity index is 2000. The fraction of sp³-hybridized carbons (Fsp3) is 0.265. The number of hydrogen-bond acceptors (Lipinski definition) is 7. The molecule has 0 unspecified atom stereocenters. The minimum absolute atomic E-state index is 0.0517. The fourth-order valence-electron chi connectivity index (χ4n) is 5.84. The molecule has 6 aromatic rings. The lowest BCUT2D eigenvalue weighted by Gasteiger charge is -2.15. The molecule has 3 N–H and O–H groups in total. The molecular weight excluding hydrogens is 571 g/mol. The van der Waals surface area contributed by atoms with Crippen molar-refractivity contribution in [2.45, 2.75) is 32.6 Å². The van der Waals surface area contributed by atoms with Crippen molar-refractivity contribution >= 4 is 33.5 Å². The van der Waals surface area contributed by atoms with E-state index in [1.165, 1.54) is 25.0 Å². The molecule has 1 saturated heterocycles. The highest BCUT2D eigenvalue weighted by Gasteiger charge is 2.18. The average Bonchev–Trinajstić information content (AvgIpc) is 3.80. The number of pyridine rings is 3. The van der Waals surface area contributed by atoms with E-state index in [0.29, 0.717) is 52.6 Å². The number of halogens is 1. The number of carbonyl (C=O) groups excluding carboxylic acids is 1. The molecule has 6 heterocycles. The first-order valence-electron chi connectivity index (χ1n) is 15.3. The summed E-state index contributed by atoms with van der Waals surface area (Å²) in [6, 6.07) is 14.3. The minimum Gasteiger partial charge on any atom is -0.492 e. The van der Waals surface area contributed by atoms with Crippen LogP contribution in [0.5, 0.6) is 5.75 Å². The smallest absolute Gasteiger partial charge is 0.224 e. The summed E-state index contributed by atoms with van der Waals surface area (Å²) in [6.07, 6.45) is 8.69. The maximum atomic E-state index is 14.8. The van der Waals surface area contributed by atoms with Gasteiger partial charge in [-0.25, -0.2) is 9.37 Å². The summed E-state index contributed by atoms with van der Waals surface area (Å²) < 4.78 is 20.7. The molecular formula is C34H33FN8O2. The van der Waals surface area contributed by atoms with E-state index in [-0.39, 0.29) is 11.7 Å². The van der Waals surface area contributed by atoms with Crippen molar-refractivity contribution in [3.8, 4) is 39.7 Å². The number of carbonyl (C=O) groups is 1. The molecule has 0 saturated carbocycles. The summed E-state index contributed by atoms with van der Waals surface area (Å²) in [5.74, 6) is 0.0539. The van der Waals surface area contributed by atoms with Gasteiger partial charge in [0.2, 0.25) is 5.91 Å². The van der Waals surface area contributed by atoms with Crippen molar-refractivity contribution in [1.29, 1.82) is 0 Å². The third kappa shape index (κ3) is 6.12. The van der Waals surface area contributed by atoms with Crippen LogP contribution in [0.2, 0.25) is 0 Å². The molecule has 1 aliphatic heterocycles. The largest absolute Gasteiger partial charge is 0.492 e. The average molecular weight is 605 g/mol. The number of aromatic nitrogens is 6. The number of hydrogen-bond donors (Lipinski definition) is 3. The van der Waals surface area contributed by atoms with Crippen LogP contribution in [0.4, 0.5) is 10.1 Å². The van der Waals surface area contributed by atoms with Crippen LogP contribution in [0, 0.1) is 5.82 Å². The van der Waals surface area contributed by atoms with E-state index < -0.39 is 0 Å². The first-order chi connectivity index (χ1) is 22.0. The van der Waals surface area contributed by atoms with Gasteiger partial charge in [0.25, 0.3) is 0 Å². The number of amides is 1. The molecule has 5 aromatic heterocycles. The second kappa shape index (κ2) is 12.4. The molecule has 0 bridgehead atoms. The fourth-order valence-corrected chi connectivity index (χ4v) is 5.84. The monoisotopic (exact) mass is 604 g/mol. The van der Waals surface area contributed by atoms with Crippen LogP contribution in [0.25, 0.3) is 55.8 Å². The molecule has 1 fully saturated rings. The molecule has 7 rings (SSSR count). The molecule has 10 nitrogen and oxygen atoms in total. The maximum Gasteiger partial charge on any atom is 0.224 e. The maximum absolute atomic E-state index is 14.8. The topological polar surface area (TPSA) is 125 Å². The predicted molar refractivity (Wildman–Crippen MR) is 172 cm³/mol. The highest BCUT2D eigenvalue weighted by molar-refractivity contribution is 5.99. The Hall–Kier alpha value is -5.16. The number of aromatic amines is 2. The number of H-pyrrole nitrogens is 2. The van der Waals surface area contributed by atoms with Crippen molar-refractivity contribution in [2.24, 2.45) is 0 Å². The number of ether oxygens (including phenoxy) is 1. The first-order valence-corrected chi connectivity index (χ1v) is 15.3. The van der Waals surface area contributed by atoms with E-state index in [0.717, 1.165) is 53.7 Å². The van der Waals surface area contributed by atoms with Gasteiger partial charge in [0.05, 0.1) is 34.5 Å². The Morgan fingerprint density at radius 2 is 1.91 bits per heavy atom. The van der Waals surface area contributed by atoms with E-state index in [9.17, 15) is 9.18 Å². The van der Waals surface area contributed by atoms with Crippen molar-refractivity contribution in [3.05, 3.63) is 72.9 Å². The van der Waals surface area contributed by atoms with Gasteiger partial charge in [0.1, 0.15) is 29.4 Å². The van der Waals surface area contributed by atoms with E-state index in [1.807, 2.05) is 43.3 Å². The normalized spacial score (nSPS) is 13.6. The lowest BCUT2D eigenvalue weighted by Crippen LogP contribution is -2.25. The van der Waals surface area contributed by atoms with Crippen LogP contribution in [-0.4, -0.2) is 67.2 Å². The van der Waals surface area contributed by atoms with Crippen LogP contribution in [0.15, 0.2) is 67.1 Å². The van der Waals surface area contributed by atoms with E-state index in [4.69, 9.17) is 9.72 Å². The molecule has 0 radical (unpaired) electrons. The number of benzene rings is 1. The molecule has 228 valence electrons. The second-order valence-corrected chi connectivity index (χ2v) is 11.3. The predicted octanol–water partition coefficient (Wildman–Crippen LogP) is 6.58. The Kier molecular flexibility index (Phi) is 7.91. The Morgan fingerprint density at radius 3 is 2.78 bits per heavy atom. The third-order valence-electron chi connectivity index (χ3n) is 8.03. The summed E-state index contributed by atoms with van der Waals surface area (Å²) in [5, 5.41) is 11.4. The van der Waals surface area contributed by atoms with Gasteiger partial charge in [-0.3, -0.25) is 24.8 Å². The molecule has 0 atom stereocenters. The van der Waals surface area contributed by atoms with Crippen LogP contribution in [0.3, 0.4) is 0 Å². The third-order valence-corrected chi connectivity index (χ3v) is 8.03. The number of nitrogens with one attached hydrogen (secondary N) is 3. The Morgan fingerprint density at radius 1 is 1.02 bits per heavy atom. The number of anilines is 1. The lowest BCUT2D eigenvalue weighted by molar-refractivity contribution is -0.116. The second-order valence-electron chi connectivity index (χ2n) is 11.3. The minimum atomic E-state index is -0.378. The number of likely N-dealkylation sites (tertiary alicyclic amines) is 1. The number of fused-ring (bicyclic) bond motifs is 2. The van der Waals surface area contributed by atoms with Crippen LogP contribution in [0.1, 0.15) is 32.6 Å². The van der Waals surface area contributed by atoms with Crippen molar-refractivity contribution < 1.29 is 13.9 Å². The lowest BCUT2D eigenvalue weighted by atomic mass is 10.1. The van der Waals surface area contributed by atoms with Crippen LogP contribution in [-0.2, 0) is 4.79 Å². The van der Waals surface area contributed by atoms with E-state index in [2.05, 4.69) is 35.4 Å². The summed E-state index contributed by atoms with van der Waals surface area (Å²) in [7, 11) is 0. The SMILES string of the molecule is CCCC(=O)Nc1cncc(-c2ccc3[nH]nc(-c4cc5c(-c6cc(F)cc(OCCN7CCCC7)c6)nccc5[nH]4)c3n2)c1. The van der Waals surface area contributed by atoms with E-state index >= 15 is 0 Å². The van der Waals surface area contributed by atoms with Gasteiger partial charge in [-0.15, -0.1) is 0 Å². The molecule has 1 amide bonds. The van der Waals surface area contributed by atoms with Gasteiger partial charge in [-0.05, 0) is 74.8 Å². The van der Waals surface area contributed by atoms with Crippen molar-refractivity contribution in [2.75, 3.05) is 31.6 Å². The molecule has 45 heavy (non-hydrogen) atoms. The summed E-state index contributed by atoms with van der Waals surface area (Å²) in [6.45, 7) is 5.47. The summed E-state index contributed by atoms with van der Waals surface area (Å²) in [4.78, 5) is 31.8. The van der Waals surface area contributed by atoms with Crippen LogP contribution >= 0.6 is 0 Å². The Balaban J connectivity index is 1.19. The van der Waals surface area contributed by atoms with Gasteiger partial charge in [-0.2, -0.15) is 5.10 Å². The number of rotatable bonds is 10. The van der Waals surface area contributed by atoms with Gasteiger partial charge in [-0.1, -0.05) is 6.92 Å². The zero-order valence-electron chi connectivity index (χ0n) is 24.9.